The van der Waals surface area contributed by atoms with Crippen LogP contribution in [-0.4, -0.2) is 0 Å². The zero-order valence-electron chi connectivity index (χ0n) is 41.0. The Morgan fingerprint density at radius 1 is 0.222 bits per heavy atom. The highest BCUT2D eigenvalue weighted by molar-refractivity contribution is 6.03. The van der Waals surface area contributed by atoms with E-state index < -0.39 is 0 Å². The van der Waals surface area contributed by atoms with Crippen molar-refractivity contribution in [1.82, 2.24) is 0 Å². The summed E-state index contributed by atoms with van der Waals surface area (Å²) in [5.41, 5.74) is 21.1. The predicted octanol–water partition coefficient (Wildman–Crippen LogP) is 19.9. The fourth-order valence-electron chi connectivity index (χ4n) is 9.95. The molecule has 11 aromatic rings. The molecule has 2 heteroatoms. The SMILES string of the molecule is CC(C)(C)c1cc(N(c2ccccc2)c2c(-c3ccccc3)cc(-c3ccccc3)cc2-c2ccccc2)cc(N(c2ccccc2)c2c(-c3ccccc3)cc(-c3ccccc3)cc2-c2ccccc2)c1. The lowest BCUT2D eigenvalue weighted by molar-refractivity contribution is 0.590. The van der Waals surface area contributed by atoms with Crippen LogP contribution in [0.25, 0.3) is 66.8 Å². The number of benzene rings is 11. The van der Waals surface area contributed by atoms with Gasteiger partial charge in [0.1, 0.15) is 0 Å². The summed E-state index contributed by atoms with van der Waals surface area (Å²) in [6, 6.07) is 104. The van der Waals surface area contributed by atoms with E-state index in [1.807, 2.05) is 0 Å². The summed E-state index contributed by atoms with van der Waals surface area (Å²) < 4.78 is 0. The van der Waals surface area contributed by atoms with Gasteiger partial charge in [-0.05, 0) is 122 Å². The Kier molecular flexibility index (Phi) is 12.7. The smallest absolute Gasteiger partial charge is 0.0618 e. The van der Waals surface area contributed by atoms with Gasteiger partial charge in [0.15, 0.2) is 0 Å². The normalized spacial score (nSPS) is 11.3. The molecule has 0 N–H and O–H groups in total. The fourth-order valence-corrected chi connectivity index (χ4v) is 9.95. The molecule has 0 aromatic heterocycles. The Balaban J connectivity index is 1.26. The summed E-state index contributed by atoms with van der Waals surface area (Å²) in [7, 11) is 0. The van der Waals surface area contributed by atoms with Crippen molar-refractivity contribution >= 4 is 34.1 Å². The molecule has 0 aliphatic carbocycles. The molecule has 72 heavy (non-hydrogen) atoms. The van der Waals surface area contributed by atoms with Gasteiger partial charge in [0.25, 0.3) is 0 Å². The van der Waals surface area contributed by atoms with Gasteiger partial charge in [0, 0.05) is 45.0 Å². The van der Waals surface area contributed by atoms with E-state index in [1.54, 1.807) is 0 Å². The molecular formula is C70H56N2. The molecule has 0 atom stereocenters. The molecule has 0 unspecified atom stereocenters. The molecule has 0 heterocycles. The Morgan fingerprint density at radius 2 is 0.458 bits per heavy atom. The van der Waals surface area contributed by atoms with E-state index in [9.17, 15) is 0 Å². The lowest BCUT2D eigenvalue weighted by Gasteiger charge is -2.35. The van der Waals surface area contributed by atoms with Crippen LogP contribution in [0.2, 0.25) is 0 Å². The van der Waals surface area contributed by atoms with Crippen LogP contribution < -0.4 is 9.80 Å². The summed E-state index contributed by atoms with van der Waals surface area (Å²) in [5.74, 6) is 0. The number of rotatable bonds is 12. The van der Waals surface area contributed by atoms with E-state index >= 15 is 0 Å². The third-order valence-electron chi connectivity index (χ3n) is 13.5. The molecule has 0 saturated heterocycles. The average Bonchev–Trinajstić information content (AvgIpc) is 3.45. The third-order valence-corrected chi connectivity index (χ3v) is 13.5. The van der Waals surface area contributed by atoms with Gasteiger partial charge < -0.3 is 9.80 Å². The highest BCUT2D eigenvalue weighted by Gasteiger charge is 2.29. The van der Waals surface area contributed by atoms with Gasteiger partial charge in [-0.2, -0.15) is 0 Å². The zero-order valence-corrected chi connectivity index (χ0v) is 41.0. The standard InChI is InChI=1S/C70H56N2/c1-70(2,3)59-48-62(71(60-40-24-10-25-41-60)68-64(53-32-16-6-17-33-53)44-57(51-28-12-4-13-29-51)45-65(68)54-34-18-7-19-35-54)50-63(49-59)72(61-42-26-11-27-43-61)69-66(55-36-20-8-21-37-55)46-58(52-30-14-5-15-31-52)47-67(69)56-38-22-9-23-39-56/h4-50H,1-3H3. The van der Waals surface area contributed by atoms with E-state index in [-0.39, 0.29) is 5.41 Å². The van der Waals surface area contributed by atoms with Crippen molar-refractivity contribution in [3.63, 3.8) is 0 Å². The van der Waals surface area contributed by atoms with Crippen LogP contribution in [0.1, 0.15) is 26.3 Å². The summed E-state index contributed by atoms with van der Waals surface area (Å²) in [4.78, 5) is 5.02. The second-order valence-electron chi connectivity index (χ2n) is 19.4. The minimum Gasteiger partial charge on any atom is -0.309 e. The van der Waals surface area contributed by atoms with Crippen molar-refractivity contribution in [2.24, 2.45) is 0 Å². The van der Waals surface area contributed by atoms with Gasteiger partial charge in [-0.1, -0.05) is 239 Å². The van der Waals surface area contributed by atoms with Crippen LogP contribution in [0.5, 0.6) is 0 Å². The first kappa shape index (κ1) is 45.5. The van der Waals surface area contributed by atoms with Crippen LogP contribution in [0.4, 0.5) is 34.1 Å². The Morgan fingerprint density at radius 3 is 0.708 bits per heavy atom. The van der Waals surface area contributed by atoms with E-state index in [4.69, 9.17) is 0 Å². The Bertz CT molecular complexity index is 3200. The molecule has 2 nitrogen and oxygen atoms in total. The molecule has 0 amide bonds. The van der Waals surface area contributed by atoms with Gasteiger partial charge in [0.05, 0.1) is 11.4 Å². The minimum atomic E-state index is -0.237. The number of hydrogen-bond acceptors (Lipinski definition) is 2. The Labute approximate surface area is 425 Å². The van der Waals surface area contributed by atoms with Crippen molar-refractivity contribution in [1.29, 1.82) is 0 Å². The highest BCUT2D eigenvalue weighted by atomic mass is 15.2. The maximum Gasteiger partial charge on any atom is 0.0618 e. The van der Waals surface area contributed by atoms with Gasteiger partial charge in [-0.25, -0.2) is 0 Å². The molecule has 0 spiro atoms. The van der Waals surface area contributed by atoms with Crippen molar-refractivity contribution in [3.05, 3.63) is 291 Å². The van der Waals surface area contributed by atoms with Crippen LogP contribution in [0, 0.1) is 0 Å². The molecule has 11 rings (SSSR count). The van der Waals surface area contributed by atoms with E-state index in [1.165, 1.54) is 16.7 Å². The molecule has 0 bridgehead atoms. The third kappa shape index (κ3) is 9.39. The van der Waals surface area contributed by atoms with Gasteiger partial charge in [-0.15, -0.1) is 0 Å². The first-order chi connectivity index (χ1) is 35.4. The predicted molar refractivity (Wildman–Crippen MR) is 307 cm³/mol. The first-order valence-corrected chi connectivity index (χ1v) is 24.9. The second kappa shape index (κ2) is 20.2. The lowest BCUT2D eigenvalue weighted by atomic mass is 9.85. The molecule has 0 aliphatic heterocycles. The summed E-state index contributed by atoms with van der Waals surface area (Å²) in [5, 5.41) is 0. The molecule has 11 aromatic carbocycles. The van der Waals surface area contributed by atoms with Crippen molar-refractivity contribution in [2.45, 2.75) is 26.2 Å². The van der Waals surface area contributed by atoms with Gasteiger partial charge >= 0.3 is 0 Å². The Hall–Kier alpha value is -8.98. The van der Waals surface area contributed by atoms with Crippen LogP contribution in [-0.2, 0) is 5.41 Å². The number of anilines is 6. The van der Waals surface area contributed by atoms with E-state index in [0.717, 1.165) is 89.8 Å². The molecule has 0 radical (unpaired) electrons. The molecule has 346 valence electrons. The topological polar surface area (TPSA) is 6.48 Å². The van der Waals surface area contributed by atoms with E-state index in [2.05, 4.69) is 316 Å². The molecule has 0 aliphatic rings. The second-order valence-corrected chi connectivity index (χ2v) is 19.4. The summed E-state index contributed by atoms with van der Waals surface area (Å²) in [6.45, 7) is 6.98. The fraction of sp³-hybridized carbons (Fsp3) is 0.0571. The summed E-state index contributed by atoms with van der Waals surface area (Å²) in [6.07, 6.45) is 0. The number of para-hydroxylation sites is 2. The van der Waals surface area contributed by atoms with Crippen LogP contribution in [0.15, 0.2) is 285 Å². The number of nitrogens with zero attached hydrogens (tertiary/aromatic N) is 2. The molecule has 0 saturated carbocycles. The minimum absolute atomic E-state index is 0.237. The largest absolute Gasteiger partial charge is 0.309 e. The van der Waals surface area contributed by atoms with Crippen LogP contribution in [0.3, 0.4) is 0 Å². The van der Waals surface area contributed by atoms with Crippen molar-refractivity contribution < 1.29 is 0 Å². The van der Waals surface area contributed by atoms with Gasteiger partial charge in [0.2, 0.25) is 0 Å². The zero-order chi connectivity index (χ0) is 48.9. The first-order valence-electron chi connectivity index (χ1n) is 24.9. The molecule has 0 fully saturated rings. The van der Waals surface area contributed by atoms with Crippen LogP contribution >= 0.6 is 0 Å². The maximum atomic E-state index is 2.51. The van der Waals surface area contributed by atoms with Gasteiger partial charge in [-0.3, -0.25) is 0 Å². The monoisotopic (exact) mass is 924 g/mol. The van der Waals surface area contributed by atoms with Crippen molar-refractivity contribution in [2.75, 3.05) is 9.80 Å². The summed E-state index contributed by atoms with van der Waals surface area (Å²) >= 11 is 0. The number of hydrogen-bond donors (Lipinski definition) is 0. The quantitative estimate of drug-likeness (QED) is 0.120. The lowest BCUT2D eigenvalue weighted by Crippen LogP contribution is -2.19. The highest BCUT2D eigenvalue weighted by Crippen LogP contribution is 2.53. The average molecular weight is 925 g/mol. The van der Waals surface area contributed by atoms with E-state index in [0.29, 0.717) is 0 Å². The maximum absolute atomic E-state index is 2.51. The van der Waals surface area contributed by atoms with Crippen molar-refractivity contribution in [3.8, 4) is 66.8 Å². The molecular weight excluding hydrogens is 869 g/mol.